The van der Waals surface area contributed by atoms with Crippen LogP contribution >= 0.6 is 11.8 Å². The standard InChI is InChI=1S/C26H34N6O6S/c27-14-8-7-13-20(28)22(34)32(25(37)38-17-18-9-3-1-4-10-18)26(23(35)36,39-16-15-31-24(29)30)21(33)19-11-5-2-6-12-19/h1-6,9-12,20H,7-8,13-17,27-28H2,(H,35,36)(H4,29,30,31)/t20-,26?/m0/s1. The SMILES string of the molecule is NCCCC[C@H](N)C(=O)N(C(=O)OCc1ccccc1)C(SCCN=C(N)N)(C(=O)O)C(=O)c1ccccc1. The lowest BCUT2D eigenvalue weighted by atomic mass is 10.0. The molecule has 2 atom stereocenters. The van der Waals surface area contributed by atoms with Gasteiger partial charge in [0.2, 0.25) is 5.78 Å². The molecule has 0 aliphatic rings. The monoisotopic (exact) mass is 558 g/mol. The van der Waals surface area contributed by atoms with Crippen LogP contribution in [0.15, 0.2) is 65.7 Å². The van der Waals surface area contributed by atoms with Crippen LogP contribution in [0.4, 0.5) is 4.79 Å². The van der Waals surface area contributed by atoms with Crippen molar-refractivity contribution in [3.05, 3.63) is 71.8 Å². The average molecular weight is 559 g/mol. The first-order valence-electron chi connectivity index (χ1n) is 12.2. The van der Waals surface area contributed by atoms with E-state index in [0.29, 0.717) is 41.6 Å². The summed E-state index contributed by atoms with van der Waals surface area (Å²) in [6, 6.07) is 14.7. The number of carbonyl (C=O) groups excluding carboxylic acids is 3. The Hall–Kier alpha value is -3.94. The Morgan fingerprint density at radius 1 is 1.00 bits per heavy atom. The predicted molar refractivity (Wildman–Crippen MR) is 149 cm³/mol. The van der Waals surface area contributed by atoms with Gasteiger partial charge in [-0.15, -0.1) is 11.8 Å². The summed E-state index contributed by atoms with van der Waals surface area (Å²) in [5, 5.41) is 10.5. The largest absolute Gasteiger partial charge is 0.478 e. The molecule has 1 unspecified atom stereocenters. The van der Waals surface area contributed by atoms with E-state index < -0.39 is 34.7 Å². The molecule has 13 heteroatoms. The smallest absolute Gasteiger partial charge is 0.419 e. The molecular formula is C26H34N6O6S. The highest BCUT2D eigenvalue weighted by molar-refractivity contribution is 8.02. The number of carbonyl (C=O) groups is 4. The zero-order valence-electron chi connectivity index (χ0n) is 21.4. The Morgan fingerprint density at radius 2 is 1.62 bits per heavy atom. The van der Waals surface area contributed by atoms with Gasteiger partial charge in [-0.1, -0.05) is 67.1 Å². The summed E-state index contributed by atoms with van der Waals surface area (Å²) < 4.78 is 5.37. The minimum absolute atomic E-state index is 0.0420. The molecule has 0 aliphatic carbocycles. The van der Waals surface area contributed by atoms with Crippen LogP contribution in [0.5, 0.6) is 0 Å². The minimum Gasteiger partial charge on any atom is -0.478 e. The van der Waals surface area contributed by atoms with Crippen molar-refractivity contribution in [2.75, 3.05) is 18.8 Å². The van der Waals surface area contributed by atoms with Gasteiger partial charge in [0.05, 0.1) is 12.6 Å². The highest BCUT2D eigenvalue weighted by Crippen LogP contribution is 2.36. The van der Waals surface area contributed by atoms with Crippen molar-refractivity contribution in [2.24, 2.45) is 27.9 Å². The maximum absolute atomic E-state index is 13.9. The molecule has 0 radical (unpaired) electrons. The molecule has 9 N–H and O–H groups in total. The second-order valence-corrected chi connectivity index (χ2v) is 9.69. The number of aliphatic carboxylic acids is 1. The number of hydrogen-bond acceptors (Lipinski definition) is 9. The van der Waals surface area contributed by atoms with E-state index in [9.17, 15) is 24.3 Å². The quantitative estimate of drug-likeness (QED) is 0.0523. The summed E-state index contributed by atoms with van der Waals surface area (Å²) in [6.45, 7) is -0.0105. The molecule has 0 aromatic heterocycles. The van der Waals surface area contributed by atoms with Crippen molar-refractivity contribution in [1.82, 2.24) is 4.90 Å². The number of aliphatic imine (C=N–C) groups is 1. The molecule has 0 aliphatic heterocycles. The molecule has 210 valence electrons. The number of imide groups is 1. The zero-order valence-corrected chi connectivity index (χ0v) is 22.2. The Morgan fingerprint density at radius 3 is 2.18 bits per heavy atom. The molecule has 12 nitrogen and oxygen atoms in total. The summed E-state index contributed by atoms with van der Waals surface area (Å²) in [7, 11) is 0. The van der Waals surface area contributed by atoms with E-state index in [1.165, 1.54) is 24.3 Å². The third-order valence-electron chi connectivity index (χ3n) is 5.54. The number of carboxylic acids is 1. The number of thioether (sulfide) groups is 1. The van der Waals surface area contributed by atoms with Gasteiger partial charge in [-0.3, -0.25) is 14.6 Å². The molecule has 39 heavy (non-hydrogen) atoms. The molecule has 2 aromatic rings. The lowest BCUT2D eigenvalue weighted by Gasteiger charge is -2.37. The fourth-order valence-corrected chi connectivity index (χ4v) is 4.74. The van der Waals surface area contributed by atoms with Crippen molar-refractivity contribution in [2.45, 2.75) is 36.8 Å². The summed E-state index contributed by atoms with van der Waals surface area (Å²) in [5.41, 5.74) is 22.9. The van der Waals surface area contributed by atoms with Crippen LogP contribution in [0, 0.1) is 0 Å². The molecule has 0 saturated heterocycles. The van der Waals surface area contributed by atoms with Gasteiger partial charge in [0, 0.05) is 11.3 Å². The molecule has 2 amide bonds. The Bertz CT molecular complexity index is 1150. The van der Waals surface area contributed by atoms with Crippen molar-refractivity contribution < 1.29 is 29.0 Å². The van der Waals surface area contributed by atoms with Gasteiger partial charge in [-0.2, -0.15) is 0 Å². The topological polar surface area (TPSA) is 217 Å². The first-order chi connectivity index (χ1) is 18.6. The molecule has 0 spiro atoms. The number of benzene rings is 2. The van der Waals surface area contributed by atoms with E-state index in [-0.39, 0.29) is 36.8 Å². The maximum Gasteiger partial charge on any atom is 0.419 e. The van der Waals surface area contributed by atoms with Crippen LogP contribution in [-0.2, 0) is 20.9 Å². The number of nitrogens with zero attached hydrogens (tertiary/aromatic N) is 2. The highest BCUT2D eigenvalue weighted by atomic mass is 32.2. The van der Waals surface area contributed by atoms with Crippen molar-refractivity contribution in [1.29, 1.82) is 0 Å². The van der Waals surface area contributed by atoms with Gasteiger partial charge in [0.15, 0.2) is 5.96 Å². The molecule has 2 rings (SSSR count). The Labute approximate surface area is 230 Å². The number of hydrogen-bond donors (Lipinski definition) is 5. The first-order valence-corrected chi connectivity index (χ1v) is 13.2. The molecule has 0 fully saturated rings. The highest BCUT2D eigenvalue weighted by Gasteiger charge is 2.58. The van der Waals surface area contributed by atoms with E-state index in [2.05, 4.69) is 4.99 Å². The summed E-state index contributed by atoms with van der Waals surface area (Å²) in [4.78, 5) is 55.5. The minimum atomic E-state index is -2.77. The molecule has 0 saturated carbocycles. The van der Waals surface area contributed by atoms with E-state index in [1.807, 2.05) is 0 Å². The average Bonchev–Trinajstić information content (AvgIpc) is 2.93. The van der Waals surface area contributed by atoms with Crippen LogP contribution in [0.2, 0.25) is 0 Å². The first kappa shape index (κ1) is 31.3. The third kappa shape index (κ3) is 8.53. The second kappa shape index (κ2) is 15.5. The van der Waals surface area contributed by atoms with Gasteiger partial charge in [0.1, 0.15) is 6.61 Å². The second-order valence-electron chi connectivity index (χ2n) is 8.40. The van der Waals surface area contributed by atoms with Gasteiger partial charge in [-0.05, 0) is 24.9 Å². The van der Waals surface area contributed by atoms with Crippen LogP contribution in [-0.4, -0.2) is 69.5 Å². The maximum atomic E-state index is 13.9. The number of nitrogens with two attached hydrogens (primary N) is 4. The van der Waals surface area contributed by atoms with Gasteiger partial charge < -0.3 is 32.8 Å². The zero-order chi connectivity index (χ0) is 28.8. The van der Waals surface area contributed by atoms with Gasteiger partial charge in [0.25, 0.3) is 10.8 Å². The fourth-order valence-electron chi connectivity index (χ4n) is 3.59. The van der Waals surface area contributed by atoms with Crippen LogP contribution in [0.3, 0.4) is 0 Å². The molecule has 0 bridgehead atoms. The Balaban J connectivity index is 2.60. The number of amides is 2. The summed E-state index contributed by atoms with van der Waals surface area (Å²) >= 11 is 0.516. The summed E-state index contributed by atoms with van der Waals surface area (Å²) in [6.07, 6.45) is -0.230. The van der Waals surface area contributed by atoms with E-state index >= 15 is 0 Å². The summed E-state index contributed by atoms with van der Waals surface area (Å²) in [5.74, 6) is -4.25. The number of ketones is 1. The number of Topliss-reactive ketones (excluding diaryl/α,β-unsaturated/α-hetero) is 1. The number of rotatable bonds is 15. The van der Waals surface area contributed by atoms with Crippen molar-refractivity contribution in [3.63, 3.8) is 0 Å². The third-order valence-corrected chi connectivity index (χ3v) is 6.89. The van der Waals surface area contributed by atoms with Crippen molar-refractivity contribution in [3.8, 4) is 0 Å². The number of carboxylic acid groups (broad SMARTS) is 1. The fraction of sp³-hybridized carbons (Fsp3) is 0.346. The number of guanidine groups is 1. The number of ether oxygens (including phenoxy) is 1. The van der Waals surface area contributed by atoms with Gasteiger partial charge in [-0.25, -0.2) is 14.5 Å². The lowest BCUT2D eigenvalue weighted by Crippen LogP contribution is -2.65. The van der Waals surface area contributed by atoms with Crippen molar-refractivity contribution >= 4 is 41.5 Å². The van der Waals surface area contributed by atoms with E-state index in [4.69, 9.17) is 27.7 Å². The van der Waals surface area contributed by atoms with E-state index in [0.717, 1.165) is 0 Å². The van der Waals surface area contributed by atoms with Gasteiger partial charge >= 0.3 is 12.1 Å². The van der Waals surface area contributed by atoms with Crippen LogP contribution in [0.1, 0.15) is 35.2 Å². The number of unbranched alkanes of at least 4 members (excludes halogenated alkanes) is 1. The van der Waals surface area contributed by atoms with E-state index in [1.54, 1.807) is 36.4 Å². The molecule has 0 heterocycles. The Kier molecular flexibility index (Phi) is 12.4. The van der Waals surface area contributed by atoms with Crippen LogP contribution in [0.25, 0.3) is 0 Å². The normalized spacial score (nSPS) is 13.0. The molecular weight excluding hydrogens is 524 g/mol. The molecule has 2 aromatic carbocycles. The predicted octanol–water partition coefficient (Wildman–Crippen LogP) is 1.28. The lowest BCUT2D eigenvalue weighted by molar-refractivity contribution is -0.149. The van der Waals surface area contributed by atoms with Crippen LogP contribution < -0.4 is 22.9 Å².